The van der Waals surface area contributed by atoms with E-state index in [-0.39, 0.29) is 29.5 Å². The van der Waals surface area contributed by atoms with Crippen LogP contribution in [0.1, 0.15) is 36.4 Å². The number of carbonyl (C=O) groups excluding carboxylic acids is 2. The Morgan fingerprint density at radius 1 is 1.20 bits per heavy atom. The van der Waals surface area contributed by atoms with Gasteiger partial charge in [-0.2, -0.15) is 0 Å². The van der Waals surface area contributed by atoms with E-state index in [1.54, 1.807) is 0 Å². The number of aliphatic carboxylic acids is 1. The molecule has 0 spiro atoms. The second-order valence-electron chi connectivity index (χ2n) is 6.83. The monoisotopic (exact) mass is 415 g/mol. The Bertz CT molecular complexity index is 947. The van der Waals surface area contributed by atoms with Crippen LogP contribution in [0, 0.1) is 16.0 Å². The van der Waals surface area contributed by atoms with E-state index in [1.807, 2.05) is 13.8 Å². The Hall–Kier alpha value is -3.95. The molecular weight excluding hydrogens is 394 g/mol. The van der Waals surface area contributed by atoms with Crippen molar-refractivity contribution in [3.63, 3.8) is 0 Å². The first-order valence-corrected chi connectivity index (χ1v) is 9.02. The van der Waals surface area contributed by atoms with Gasteiger partial charge in [-0.25, -0.2) is 4.79 Å². The Morgan fingerprint density at radius 3 is 2.37 bits per heavy atom. The van der Waals surface area contributed by atoms with Crippen LogP contribution in [0.2, 0.25) is 0 Å². The second-order valence-corrected chi connectivity index (χ2v) is 6.83. The van der Waals surface area contributed by atoms with E-state index in [1.165, 1.54) is 48.7 Å². The van der Waals surface area contributed by atoms with Gasteiger partial charge in [-0.15, -0.1) is 0 Å². The van der Waals surface area contributed by atoms with Crippen LogP contribution < -0.4 is 10.6 Å². The molecule has 10 nitrogen and oxygen atoms in total. The number of amides is 2. The number of hydrogen-bond donors (Lipinski definition) is 3. The van der Waals surface area contributed by atoms with E-state index >= 15 is 0 Å². The number of rotatable bonds is 9. The molecule has 0 aliphatic rings. The lowest BCUT2D eigenvalue weighted by molar-refractivity contribution is -0.384. The van der Waals surface area contributed by atoms with Crippen LogP contribution in [0.4, 0.5) is 5.69 Å². The number of benzene rings is 1. The summed E-state index contributed by atoms with van der Waals surface area (Å²) in [6, 6.07) is 7.02. The number of carbonyl (C=O) groups is 3. The maximum Gasteiger partial charge on any atom is 0.326 e. The fourth-order valence-corrected chi connectivity index (χ4v) is 2.54. The van der Waals surface area contributed by atoms with Crippen LogP contribution in [-0.4, -0.2) is 33.9 Å². The van der Waals surface area contributed by atoms with Gasteiger partial charge < -0.3 is 20.2 Å². The van der Waals surface area contributed by atoms with Gasteiger partial charge in [-0.05, 0) is 48.2 Å². The Labute approximate surface area is 171 Å². The molecule has 0 radical (unpaired) electrons. The highest BCUT2D eigenvalue weighted by Gasteiger charge is 2.24. The summed E-state index contributed by atoms with van der Waals surface area (Å²) in [6.45, 7) is 3.63. The van der Waals surface area contributed by atoms with Gasteiger partial charge in [0.15, 0.2) is 5.76 Å². The molecule has 1 atom stereocenters. The first-order valence-electron chi connectivity index (χ1n) is 9.02. The van der Waals surface area contributed by atoms with Crippen molar-refractivity contribution < 1.29 is 28.8 Å². The van der Waals surface area contributed by atoms with Gasteiger partial charge >= 0.3 is 5.97 Å². The molecule has 1 aromatic carbocycles. The average Bonchev–Trinajstić information content (AvgIpc) is 3.21. The fourth-order valence-electron chi connectivity index (χ4n) is 2.54. The number of nitrogens with zero attached hydrogens (tertiary/aromatic N) is 1. The lowest BCUT2D eigenvalue weighted by Crippen LogP contribution is -2.44. The predicted molar refractivity (Wildman–Crippen MR) is 106 cm³/mol. The van der Waals surface area contributed by atoms with Crippen LogP contribution in [0.15, 0.2) is 52.8 Å². The molecule has 2 aromatic rings. The molecule has 158 valence electrons. The van der Waals surface area contributed by atoms with Crippen molar-refractivity contribution in [3.8, 4) is 0 Å². The molecule has 3 N–H and O–H groups in total. The summed E-state index contributed by atoms with van der Waals surface area (Å²) in [7, 11) is 0. The zero-order valence-corrected chi connectivity index (χ0v) is 16.3. The van der Waals surface area contributed by atoms with E-state index in [0.29, 0.717) is 5.56 Å². The summed E-state index contributed by atoms with van der Waals surface area (Å²) in [5, 5.41) is 24.9. The lowest BCUT2D eigenvalue weighted by Gasteiger charge is -2.18. The van der Waals surface area contributed by atoms with Gasteiger partial charge in [-0.3, -0.25) is 19.7 Å². The zero-order valence-electron chi connectivity index (χ0n) is 16.3. The number of nitrogens with one attached hydrogen (secondary N) is 2. The number of hydrogen-bond acceptors (Lipinski definition) is 6. The van der Waals surface area contributed by atoms with Crippen LogP contribution in [-0.2, 0) is 9.59 Å². The first kappa shape index (κ1) is 22.3. The molecule has 1 heterocycles. The Balaban J connectivity index is 2.31. The quantitative estimate of drug-likeness (QED) is 0.323. The molecule has 0 aliphatic carbocycles. The smallest absolute Gasteiger partial charge is 0.326 e. The van der Waals surface area contributed by atoms with Gasteiger partial charge in [0, 0.05) is 12.1 Å². The largest absolute Gasteiger partial charge is 0.480 e. The molecule has 0 unspecified atom stereocenters. The van der Waals surface area contributed by atoms with Crippen LogP contribution in [0.3, 0.4) is 0 Å². The maximum atomic E-state index is 12.7. The van der Waals surface area contributed by atoms with E-state index in [4.69, 9.17) is 4.42 Å². The van der Waals surface area contributed by atoms with E-state index in [0.717, 1.165) is 0 Å². The third-order valence-electron chi connectivity index (χ3n) is 3.96. The van der Waals surface area contributed by atoms with E-state index in [9.17, 15) is 29.6 Å². The molecule has 0 fully saturated rings. The van der Waals surface area contributed by atoms with Gasteiger partial charge in [0.05, 0.1) is 11.2 Å². The normalized spacial score (nSPS) is 12.3. The summed E-state index contributed by atoms with van der Waals surface area (Å²) in [5.41, 5.74) is 0.0159. The average molecular weight is 415 g/mol. The van der Waals surface area contributed by atoms with Crippen molar-refractivity contribution in [1.29, 1.82) is 0 Å². The molecule has 0 aliphatic heterocycles. The number of furan rings is 1. The summed E-state index contributed by atoms with van der Waals surface area (Å²) < 4.78 is 5.00. The van der Waals surface area contributed by atoms with Crippen molar-refractivity contribution in [1.82, 2.24) is 10.6 Å². The number of carboxylic acids is 1. The topological polar surface area (TPSA) is 152 Å². The Kier molecular flexibility index (Phi) is 7.45. The molecule has 0 saturated carbocycles. The lowest BCUT2D eigenvalue weighted by atomic mass is 10.0. The second kappa shape index (κ2) is 10.0. The van der Waals surface area contributed by atoms with Crippen LogP contribution >= 0.6 is 0 Å². The number of nitro benzene ring substituents is 1. The number of non-ortho nitro benzene ring substituents is 1. The van der Waals surface area contributed by atoms with Crippen molar-refractivity contribution in [3.05, 3.63) is 69.8 Å². The highest BCUT2D eigenvalue weighted by Crippen LogP contribution is 2.15. The molecule has 1 aromatic heterocycles. The first-order chi connectivity index (χ1) is 14.2. The minimum absolute atomic E-state index is 0.00575. The Morgan fingerprint density at radius 2 is 1.87 bits per heavy atom. The molecule has 0 bridgehead atoms. The van der Waals surface area contributed by atoms with Crippen molar-refractivity contribution in [2.75, 3.05) is 0 Å². The summed E-state index contributed by atoms with van der Waals surface area (Å²) in [4.78, 5) is 46.7. The van der Waals surface area contributed by atoms with E-state index < -0.39 is 28.7 Å². The SMILES string of the molecule is CC(C)C[C@H](NC(=O)/C(=C/c1ccc([N+](=O)[O-])cc1)NC(=O)c1ccco1)C(=O)O. The molecular formula is C20H21N3O7. The molecule has 10 heteroatoms. The van der Waals surface area contributed by atoms with Crippen molar-refractivity contribution >= 4 is 29.5 Å². The van der Waals surface area contributed by atoms with Crippen molar-refractivity contribution in [2.24, 2.45) is 5.92 Å². The van der Waals surface area contributed by atoms with Gasteiger partial charge in [0.25, 0.3) is 17.5 Å². The minimum Gasteiger partial charge on any atom is -0.480 e. The maximum absolute atomic E-state index is 12.7. The summed E-state index contributed by atoms with van der Waals surface area (Å²) in [6.07, 6.45) is 2.77. The third-order valence-corrected chi connectivity index (χ3v) is 3.96. The summed E-state index contributed by atoms with van der Waals surface area (Å²) >= 11 is 0. The molecule has 0 saturated heterocycles. The molecule has 2 amide bonds. The van der Waals surface area contributed by atoms with Crippen molar-refractivity contribution in [2.45, 2.75) is 26.3 Å². The molecule has 2 rings (SSSR count). The number of nitro groups is 1. The van der Waals surface area contributed by atoms with Gasteiger partial charge in [0.2, 0.25) is 0 Å². The zero-order chi connectivity index (χ0) is 22.3. The van der Waals surface area contributed by atoms with Crippen LogP contribution in [0.25, 0.3) is 6.08 Å². The van der Waals surface area contributed by atoms with Gasteiger partial charge in [0.1, 0.15) is 11.7 Å². The summed E-state index contributed by atoms with van der Waals surface area (Å²) in [5.74, 6) is -2.77. The fraction of sp³-hybridized carbons (Fsp3) is 0.250. The van der Waals surface area contributed by atoms with E-state index in [2.05, 4.69) is 10.6 Å². The third kappa shape index (κ3) is 6.30. The highest BCUT2D eigenvalue weighted by atomic mass is 16.6. The standard InChI is InChI=1S/C20H21N3O7/c1-12(2)10-16(20(26)27)22-18(24)15(21-19(25)17-4-3-9-30-17)11-13-5-7-14(8-6-13)23(28)29/h3-9,11-12,16H,10H2,1-2H3,(H,21,25)(H,22,24)(H,26,27)/b15-11-/t16-/m0/s1. The van der Waals surface area contributed by atoms with Gasteiger partial charge in [-0.1, -0.05) is 13.8 Å². The van der Waals surface area contributed by atoms with Crippen LogP contribution in [0.5, 0.6) is 0 Å². The predicted octanol–water partition coefficient (Wildman–Crippen LogP) is 2.57. The highest BCUT2D eigenvalue weighted by molar-refractivity contribution is 6.05. The number of carboxylic acid groups (broad SMARTS) is 1. The molecule has 30 heavy (non-hydrogen) atoms. The minimum atomic E-state index is -1.20.